The van der Waals surface area contributed by atoms with Gasteiger partial charge in [0.15, 0.2) is 0 Å². The minimum atomic E-state index is -0.519. The van der Waals surface area contributed by atoms with E-state index in [0.717, 1.165) is 19.4 Å². The number of fused-ring (bicyclic) bond motifs is 2. The SMILES string of the molecule is CC(Nc1ccc(NCCN2CCCC(O)C2)c2c1C(=O)c1c(O)ccc(O)c1C2=O)N(C)C. The van der Waals surface area contributed by atoms with Crippen molar-refractivity contribution >= 4 is 22.9 Å². The Morgan fingerprint density at radius 2 is 1.59 bits per heavy atom. The molecule has 2 unspecified atom stereocenters. The first-order valence-corrected chi connectivity index (χ1v) is 11.6. The molecule has 0 aromatic heterocycles. The Morgan fingerprint density at radius 1 is 1.00 bits per heavy atom. The van der Waals surface area contributed by atoms with Gasteiger partial charge in [-0.05, 0) is 64.7 Å². The van der Waals surface area contributed by atoms with Crippen LogP contribution in [0.3, 0.4) is 0 Å². The number of carbonyl (C=O) groups excluding carboxylic acids is 2. The van der Waals surface area contributed by atoms with Crippen molar-refractivity contribution in [3.63, 3.8) is 0 Å². The Hall–Kier alpha value is -3.14. The van der Waals surface area contributed by atoms with Gasteiger partial charge in [0.1, 0.15) is 11.5 Å². The normalized spacial score (nSPS) is 19.0. The van der Waals surface area contributed by atoms with Crippen LogP contribution in [0, 0.1) is 0 Å². The summed E-state index contributed by atoms with van der Waals surface area (Å²) in [6.45, 7) is 4.63. The number of phenolic OH excluding ortho intramolecular Hbond substituents is 2. The van der Waals surface area contributed by atoms with Gasteiger partial charge in [-0.3, -0.25) is 19.4 Å². The number of nitrogens with zero attached hydrogens (tertiary/aromatic N) is 2. The highest BCUT2D eigenvalue weighted by molar-refractivity contribution is 6.33. The summed E-state index contributed by atoms with van der Waals surface area (Å²) in [5, 5.41) is 37.2. The fourth-order valence-electron chi connectivity index (χ4n) is 4.57. The van der Waals surface area contributed by atoms with Gasteiger partial charge in [-0.1, -0.05) is 0 Å². The monoisotopic (exact) mass is 468 g/mol. The zero-order valence-electron chi connectivity index (χ0n) is 19.8. The number of likely N-dealkylation sites (tertiary alicyclic amines) is 1. The molecule has 9 heteroatoms. The summed E-state index contributed by atoms with van der Waals surface area (Å²) >= 11 is 0. The van der Waals surface area contributed by atoms with Crippen LogP contribution >= 0.6 is 0 Å². The van der Waals surface area contributed by atoms with Gasteiger partial charge in [0.2, 0.25) is 11.6 Å². The van der Waals surface area contributed by atoms with E-state index >= 15 is 0 Å². The Balaban J connectivity index is 1.71. The number of aliphatic hydroxyl groups is 1. The summed E-state index contributed by atoms with van der Waals surface area (Å²) in [5.41, 5.74) is 0.948. The average molecular weight is 469 g/mol. The fraction of sp³-hybridized carbons (Fsp3) is 0.440. The summed E-state index contributed by atoms with van der Waals surface area (Å²) in [6.07, 6.45) is 1.30. The molecule has 1 saturated heterocycles. The Labute approximate surface area is 199 Å². The predicted octanol–water partition coefficient (Wildman–Crippen LogP) is 2.06. The highest BCUT2D eigenvalue weighted by Gasteiger charge is 2.38. The van der Waals surface area contributed by atoms with Gasteiger partial charge < -0.3 is 26.0 Å². The molecule has 1 fully saturated rings. The number of β-amino-alcohol motifs (C(OH)–C–C–N with tert-alkyl or cyclic N) is 1. The van der Waals surface area contributed by atoms with Crippen molar-refractivity contribution in [3.8, 4) is 11.5 Å². The standard InChI is InChI=1S/C25H32N4O5/c1-14(28(2)3)27-17-7-6-16(26-10-12-29-11-4-5-15(30)13-29)20-21(17)25(34)23-19(32)9-8-18(31)22(23)24(20)33/h6-9,14-15,26-27,30-32H,4-5,10-13H2,1-3H3. The highest BCUT2D eigenvalue weighted by atomic mass is 16.3. The van der Waals surface area contributed by atoms with Gasteiger partial charge in [0.05, 0.1) is 34.5 Å². The van der Waals surface area contributed by atoms with Crippen molar-refractivity contribution in [2.24, 2.45) is 0 Å². The third-order valence-electron chi connectivity index (χ3n) is 6.64. The van der Waals surface area contributed by atoms with Crippen LogP contribution in [0.5, 0.6) is 11.5 Å². The molecule has 1 aliphatic carbocycles. The fourth-order valence-corrected chi connectivity index (χ4v) is 4.57. The number of anilines is 2. The topological polar surface area (TPSA) is 125 Å². The van der Waals surface area contributed by atoms with E-state index in [1.165, 1.54) is 12.1 Å². The summed E-state index contributed by atoms with van der Waals surface area (Å²) in [6, 6.07) is 5.94. The number of piperidine rings is 1. The van der Waals surface area contributed by atoms with E-state index in [2.05, 4.69) is 15.5 Å². The number of hydrogen-bond donors (Lipinski definition) is 5. The number of carbonyl (C=O) groups is 2. The van der Waals surface area contributed by atoms with Crippen molar-refractivity contribution in [1.29, 1.82) is 0 Å². The van der Waals surface area contributed by atoms with Crippen LogP contribution in [0.15, 0.2) is 24.3 Å². The highest BCUT2D eigenvalue weighted by Crippen LogP contribution is 2.42. The molecule has 0 spiro atoms. The zero-order valence-corrected chi connectivity index (χ0v) is 19.8. The maximum Gasteiger partial charge on any atom is 0.200 e. The molecule has 4 rings (SSSR count). The van der Waals surface area contributed by atoms with Gasteiger partial charge in [0, 0.05) is 31.0 Å². The second-order valence-electron chi connectivity index (χ2n) is 9.23. The average Bonchev–Trinajstić information content (AvgIpc) is 2.79. The lowest BCUT2D eigenvalue weighted by Crippen LogP contribution is -2.40. The quantitative estimate of drug-likeness (QED) is 0.262. The van der Waals surface area contributed by atoms with E-state index in [0.29, 0.717) is 31.0 Å². The van der Waals surface area contributed by atoms with E-state index in [1.54, 1.807) is 12.1 Å². The molecule has 5 N–H and O–H groups in total. The molecule has 2 aliphatic rings. The van der Waals surface area contributed by atoms with E-state index in [1.807, 2.05) is 25.9 Å². The number of rotatable bonds is 7. The third kappa shape index (κ3) is 4.46. The number of aromatic hydroxyl groups is 2. The van der Waals surface area contributed by atoms with Crippen LogP contribution < -0.4 is 10.6 Å². The van der Waals surface area contributed by atoms with Crippen LogP contribution in [0.2, 0.25) is 0 Å². The summed E-state index contributed by atoms with van der Waals surface area (Å²) in [5.74, 6) is -1.72. The lowest BCUT2D eigenvalue weighted by Gasteiger charge is -2.30. The zero-order chi connectivity index (χ0) is 24.6. The number of aliphatic hydroxyl groups excluding tert-OH is 1. The van der Waals surface area contributed by atoms with E-state index < -0.39 is 11.6 Å². The van der Waals surface area contributed by atoms with Crippen molar-refractivity contribution in [2.75, 3.05) is 50.9 Å². The molecule has 0 amide bonds. The molecule has 34 heavy (non-hydrogen) atoms. The number of benzene rings is 2. The van der Waals surface area contributed by atoms with Gasteiger partial charge in [-0.2, -0.15) is 0 Å². The summed E-state index contributed by atoms with van der Waals surface area (Å²) in [7, 11) is 3.79. The van der Waals surface area contributed by atoms with Gasteiger partial charge in [0.25, 0.3) is 0 Å². The molecule has 0 saturated carbocycles. The molecule has 0 bridgehead atoms. The minimum absolute atomic E-state index is 0.129. The van der Waals surface area contributed by atoms with Crippen molar-refractivity contribution < 1.29 is 24.9 Å². The molecule has 1 aliphatic heterocycles. The molecule has 182 valence electrons. The number of phenols is 2. The molecular weight excluding hydrogens is 436 g/mol. The maximum atomic E-state index is 13.6. The first kappa shape index (κ1) is 24.0. The van der Waals surface area contributed by atoms with Crippen molar-refractivity contribution in [1.82, 2.24) is 9.80 Å². The van der Waals surface area contributed by atoms with Gasteiger partial charge in [-0.15, -0.1) is 0 Å². The smallest absolute Gasteiger partial charge is 0.200 e. The van der Waals surface area contributed by atoms with E-state index in [-0.39, 0.29) is 46.0 Å². The Bertz CT molecular complexity index is 1120. The maximum absolute atomic E-state index is 13.6. The third-order valence-corrected chi connectivity index (χ3v) is 6.64. The molecular formula is C25H32N4O5. The lowest BCUT2D eigenvalue weighted by atomic mass is 9.81. The van der Waals surface area contributed by atoms with Crippen LogP contribution in [-0.4, -0.2) is 89.2 Å². The lowest BCUT2D eigenvalue weighted by molar-refractivity contribution is 0.0730. The predicted molar refractivity (Wildman–Crippen MR) is 130 cm³/mol. The molecule has 1 heterocycles. The number of hydrogen-bond acceptors (Lipinski definition) is 9. The largest absolute Gasteiger partial charge is 0.507 e. The summed E-state index contributed by atoms with van der Waals surface area (Å²) in [4.78, 5) is 31.2. The van der Waals surface area contributed by atoms with Gasteiger partial charge >= 0.3 is 0 Å². The van der Waals surface area contributed by atoms with Gasteiger partial charge in [-0.25, -0.2) is 0 Å². The van der Waals surface area contributed by atoms with E-state index in [4.69, 9.17) is 0 Å². The van der Waals surface area contributed by atoms with Crippen molar-refractivity contribution in [2.45, 2.75) is 32.0 Å². The van der Waals surface area contributed by atoms with Crippen LogP contribution in [-0.2, 0) is 0 Å². The molecule has 9 nitrogen and oxygen atoms in total. The van der Waals surface area contributed by atoms with E-state index in [9.17, 15) is 24.9 Å². The van der Waals surface area contributed by atoms with Crippen LogP contribution in [0.25, 0.3) is 0 Å². The first-order valence-electron chi connectivity index (χ1n) is 11.6. The molecule has 2 aromatic carbocycles. The number of ketones is 2. The molecule has 2 atom stereocenters. The number of nitrogens with one attached hydrogen (secondary N) is 2. The first-order chi connectivity index (χ1) is 16.2. The summed E-state index contributed by atoms with van der Waals surface area (Å²) < 4.78 is 0. The van der Waals surface area contributed by atoms with Crippen LogP contribution in [0.4, 0.5) is 11.4 Å². The minimum Gasteiger partial charge on any atom is -0.507 e. The van der Waals surface area contributed by atoms with Crippen molar-refractivity contribution in [3.05, 3.63) is 46.5 Å². The Kier molecular flexibility index (Phi) is 6.79. The van der Waals surface area contributed by atoms with Crippen LogP contribution in [0.1, 0.15) is 51.6 Å². The Morgan fingerprint density at radius 3 is 2.18 bits per heavy atom. The molecule has 2 aromatic rings. The second-order valence-corrected chi connectivity index (χ2v) is 9.23. The molecule has 0 radical (unpaired) electrons. The second kappa shape index (κ2) is 9.61.